The predicted octanol–water partition coefficient (Wildman–Crippen LogP) is 2.02. The van der Waals surface area contributed by atoms with Gasteiger partial charge in [0.1, 0.15) is 5.92 Å². The fraction of sp³-hybridized carbons (Fsp3) is 0.556. The molecule has 126 valence electrons. The fourth-order valence-corrected chi connectivity index (χ4v) is 2.78. The zero-order valence-electron chi connectivity index (χ0n) is 14.1. The minimum atomic E-state index is -0.895. The van der Waals surface area contributed by atoms with E-state index in [-0.39, 0.29) is 18.4 Å². The second-order valence-corrected chi connectivity index (χ2v) is 6.32. The maximum Gasteiger partial charge on any atom is 0.239 e. The van der Waals surface area contributed by atoms with E-state index in [2.05, 4.69) is 5.32 Å². The lowest BCUT2D eigenvalue weighted by molar-refractivity contribution is -0.133. The maximum atomic E-state index is 12.5. The van der Waals surface area contributed by atoms with Crippen molar-refractivity contribution in [3.8, 4) is 0 Å². The molecule has 1 saturated heterocycles. The van der Waals surface area contributed by atoms with Gasteiger partial charge in [0.2, 0.25) is 11.8 Å². The van der Waals surface area contributed by atoms with Crippen LogP contribution in [-0.4, -0.2) is 35.6 Å². The van der Waals surface area contributed by atoms with Crippen molar-refractivity contribution in [1.82, 2.24) is 5.32 Å². The average Bonchev–Trinajstić information content (AvgIpc) is 2.95. The number of carbonyl (C=O) groups excluding carboxylic acids is 2. The Morgan fingerprint density at radius 2 is 1.91 bits per heavy atom. The van der Waals surface area contributed by atoms with Gasteiger partial charge in [0.05, 0.1) is 5.60 Å². The fourth-order valence-electron chi connectivity index (χ4n) is 2.78. The molecule has 2 N–H and O–H groups in total. The summed E-state index contributed by atoms with van der Waals surface area (Å²) >= 11 is 0. The Bertz CT molecular complexity index is 564. The first-order valence-electron chi connectivity index (χ1n) is 8.28. The third kappa shape index (κ3) is 3.91. The molecule has 1 aromatic carbocycles. The Morgan fingerprint density at radius 1 is 1.30 bits per heavy atom. The number of nitrogens with one attached hydrogen (secondary N) is 1. The van der Waals surface area contributed by atoms with E-state index < -0.39 is 11.5 Å². The second kappa shape index (κ2) is 7.13. The molecule has 5 nitrogen and oxygen atoms in total. The summed E-state index contributed by atoms with van der Waals surface area (Å²) in [4.78, 5) is 26.5. The molecule has 0 bridgehead atoms. The zero-order chi connectivity index (χ0) is 17.0. The van der Waals surface area contributed by atoms with E-state index in [1.54, 1.807) is 4.90 Å². The molecule has 0 aromatic heterocycles. The van der Waals surface area contributed by atoms with E-state index >= 15 is 0 Å². The molecule has 1 aromatic rings. The standard InChI is InChI=1S/C18H26N2O3/c1-4-18(23,5-2)12-19-16(21)15-10-11-20(17(15)22)14-8-6-13(3)7-9-14/h6-9,15,23H,4-5,10-12H2,1-3H3,(H,19,21). The third-order valence-corrected chi connectivity index (χ3v) is 4.78. The van der Waals surface area contributed by atoms with Crippen LogP contribution in [-0.2, 0) is 9.59 Å². The van der Waals surface area contributed by atoms with E-state index in [0.29, 0.717) is 25.8 Å². The first kappa shape index (κ1) is 17.5. The second-order valence-electron chi connectivity index (χ2n) is 6.32. The molecule has 1 aliphatic rings. The third-order valence-electron chi connectivity index (χ3n) is 4.78. The van der Waals surface area contributed by atoms with Crippen molar-refractivity contribution in [2.75, 3.05) is 18.0 Å². The summed E-state index contributed by atoms with van der Waals surface area (Å²) < 4.78 is 0. The highest BCUT2D eigenvalue weighted by Crippen LogP contribution is 2.26. The summed E-state index contributed by atoms with van der Waals surface area (Å²) in [5.74, 6) is -1.11. The lowest BCUT2D eigenvalue weighted by Crippen LogP contribution is -2.45. The first-order valence-corrected chi connectivity index (χ1v) is 8.28. The number of aryl methyl sites for hydroxylation is 1. The molecule has 0 saturated carbocycles. The number of amides is 2. The van der Waals surface area contributed by atoms with Gasteiger partial charge >= 0.3 is 0 Å². The van der Waals surface area contributed by atoms with Gasteiger partial charge in [0.25, 0.3) is 0 Å². The lowest BCUT2D eigenvalue weighted by Gasteiger charge is -2.26. The van der Waals surface area contributed by atoms with E-state index in [0.717, 1.165) is 11.3 Å². The van der Waals surface area contributed by atoms with Crippen LogP contribution in [0.1, 0.15) is 38.7 Å². The molecule has 1 unspecified atom stereocenters. The summed E-state index contributed by atoms with van der Waals surface area (Å²) in [7, 11) is 0. The monoisotopic (exact) mass is 318 g/mol. The van der Waals surface area contributed by atoms with Crippen molar-refractivity contribution < 1.29 is 14.7 Å². The van der Waals surface area contributed by atoms with Crippen LogP contribution in [0.15, 0.2) is 24.3 Å². The topological polar surface area (TPSA) is 69.6 Å². The quantitative estimate of drug-likeness (QED) is 0.788. The molecule has 1 heterocycles. The maximum absolute atomic E-state index is 12.5. The Kier molecular flexibility index (Phi) is 5.42. The smallest absolute Gasteiger partial charge is 0.239 e. The highest BCUT2D eigenvalue weighted by atomic mass is 16.3. The SMILES string of the molecule is CCC(O)(CC)CNC(=O)C1CCN(c2ccc(C)cc2)C1=O. The molecular weight excluding hydrogens is 292 g/mol. The number of carbonyl (C=O) groups is 2. The molecular formula is C18H26N2O3. The number of aliphatic hydroxyl groups is 1. The predicted molar refractivity (Wildman–Crippen MR) is 90.2 cm³/mol. The van der Waals surface area contributed by atoms with Crippen LogP contribution in [0.2, 0.25) is 0 Å². The van der Waals surface area contributed by atoms with Crippen molar-refractivity contribution >= 4 is 17.5 Å². The summed E-state index contributed by atoms with van der Waals surface area (Å²) in [6.07, 6.45) is 1.64. The molecule has 5 heteroatoms. The molecule has 1 aliphatic heterocycles. The normalized spacial score (nSPS) is 18.3. The number of hydrogen-bond donors (Lipinski definition) is 2. The molecule has 23 heavy (non-hydrogen) atoms. The molecule has 0 spiro atoms. The Labute approximate surface area is 137 Å². The van der Waals surface area contributed by atoms with Crippen molar-refractivity contribution in [2.24, 2.45) is 5.92 Å². The van der Waals surface area contributed by atoms with Gasteiger partial charge < -0.3 is 15.3 Å². The van der Waals surface area contributed by atoms with Gasteiger partial charge in [-0.25, -0.2) is 0 Å². The van der Waals surface area contributed by atoms with Crippen LogP contribution in [0.3, 0.4) is 0 Å². The summed E-state index contributed by atoms with van der Waals surface area (Å²) in [5.41, 5.74) is 1.07. The Balaban J connectivity index is 1.98. The first-order chi connectivity index (χ1) is 10.9. The lowest BCUT2D eigenvalue weighted by atomic mass is 9.97. The minimum absolute atomic E-state index is 0.164. The Hall–Kier alpha value is -1.88. The molecule has 0 aliphatic carbocycles. The number of nitrogens with zero attached hydrogens (tertiary/aromatic N) is 1. The highest BCUT2D eigenvalue weighted by Gasteiger charge is 2.38. The molecule has 2 amide bonds. The molecule has 0 radical (unpaired) electrons. The van der Waals surface area contributed by atoms with Crippen molar-refractivity contribution in [3.05, 3.63) is 29.8 Å². The summed E-state index contributed by atoms with van der Waals surface area (Å²) in [6, 6.07) is 7.72. The van der Waals surface area contributed by atoms with Gasteiger partial charge in [-0.2, -0.15) is 0 Å². The van der Waals surface area contributed by atoms with Gasteiger partial charge in [-0.15, -0.1) is 0 Å². The Morgan fingerprint density at radius 3 is 2.48 bits per heavy atom. The summed E-state index contributed by atoms with van der Waals surface area (Å²) in [5, 5.41) is 13.0. The molecule has 2 rings (SSSR count). The largest absolute Gasteiger partial charge is 0.388 e. The van der Waals surface area contributed by atoms with Gasteiger partial charge in [-0.1, -0.05) is 31.5 Å². The summed E-state index contributed by atoms with van der Waals surface area (Å²) in [6.45, 7) is 6.50. The number of hydrogen-bond acceptors (Lipinski definition) is 3. The average molecular weight is 318 g/mol. The van der Waals surface area contributed by atoms with Gasteiger partial charge in [-0.3, -0.25) is 9.59 Å². The van der Waals surface area contributed by atoms with Gasteiger partial charge in [0, 0.05) is 18.8 Å². The van der Waals surface area contributed by atoms with E-state index in [1.807, 2.05) is 45.0 Å². The number of rotatable bonds is 6. The van der Waals surface area contributed by atoms with Crippen molar-refractivity contribution in [2.45, 2.75) is 45.6 Å². The van der Waals surface area contributed by atoms with Gasteiger partial charge in [0.15, 0.2) is 0 Å². The zero-order valence-corrected chi connectivity index (χ0v) is 14.1. The highest BCUT2D eigenvalue weighted by molar-refractivity contribution is 6.09. The number of benzene rings is 1. The number of anilines is 1. The van der Waals surface area contributed by atoms with E-state index in [4.69, 9.17) is 0 Å². The van der Waals surface area contributed by atoms with Gasteiger partial charge in [-0.05, 0) is 38.3 Å². The van der Waals surface area contributed by atoms with Crippen LogP contribution in [0.5, 0.6) is 0 Å². The molecule has 1 atom stereocenters. The van der Waals surface area contributed by atoms with Crippen molar-refractivity contribution in [3.63, 3.8) is 0 Å². The van der Waals surface area contributed by atoms with Crippen LogP contribution in [0.4, 0.5) is 5.69 Å². The van der Waals surface area contributed by atoms with Crippen LogP contribution in [0, 0.1) is 12.8 Å². The van der Waals surface area contributed by atoms with Crippen LogP contribution in [0.25, 0.3) is 0 Å². The minimum Gasteiger partial charge on any atom is -0.388 e. The van der Waals surface area contributed by atoms with Crippen LogP contribution >= 0.6 is 0 Å². The van der Waals surface area contributed by atoms with Crippen LogP contribution < -0.4 is 10.2 Å². The van der Waals surface area contributed by atoms with E-state index in [9.17, 15) is 14.7 Å². The molecule has 1 fully saturated rings. The van der Waals surface area contributed by atoms with Crippen molar-refractivity contribution in [1.29, 1.82) is 0 Å². The van der Waals surface area contributed by atoms with E-state index in [1.165, 1.54) is 0 Å².